The second-order valence-corrected chi connectivity index (χ2v) is 5.68. The fraction of sp³-hybridized carbons (Fsp3) is 0.316. The number of carbonyl (C=O) groups excluding carboxylic acids is 1. The van der Waals surface area contributed by atoms with Gasteiger partial charge in [0.15, 0.2) is 11.5 Å². The second-order valence-electron chi connectivity index (χ2n) is 5.68. The summed E-state index contributed by atoms with van der Waals surface area (Å²) in [6, 6.07) is 14.7. The maximum Gasteiger partial charge on any atom is 0.306 e. The maximum absolute atomic E-state index is 11.6. The van der Waals surface area contributed by atoms with Crippen LogP contribution in [-0.4, -0.2) is 31.7 Å². The van der Waals surface area contributed by atoms with E-state index >= 15 is 0 Å². The Kier molecular flexibility index (Phi) is 6.96. The van der Waals surface area contributed by atoms with E-state index in [0.717, 1.165) is 5.56 Å². The number of benzene rings is 2. The fourth-order valence-corrected chi connectivity index (χ4v) is 2.55. The molecule has 0 saturated carbocycles. The molecule has 0 aromatic heterocycles. The van der Waals surface area contributed by atoms with Gasteiger partial charge in [0.25, 0.3) is 0 Å². The third-order valence-electron chi connectivity index (χ3n) is 3.91. The van der Waals surface area contributed by atoms with Crippen LogP contribution < -0.4 is 9.47 Å². The highest BCUT2D eigenvalue weighted by Gasteiger charge is 2.23. The van der Waals surface area contributed by atoms with Crippen LogP contribution in [0.1, 0.15) is 23.5 Å². The Labute approximate surface area is 151 Å². The quantitative estimate of drug-likeness (QED) is 0.388. The van der Waals surface area contributed by atoms with Crippen molar-refractivity contribution < 1.29 is 23.9 Å². The van der Waals surface area contributed by atoms with Crippen molar-refractivity contribution in [1.29, 1.82) is 0 Å². The first-order chi connectivity index (χ1) is 12.5. The normalized spacial score (nSPS) is 11.5. The van der Waals surface area contributed by atoms with Gasteiger partial charge in [0, 0.05) is 4.92 Å². The van der Waals surface area contributed by atoms with E-state index in [1.165, 1.54) is 14.2 Å². The van der Waals surface area contributed by atoms with Crippen molar-refractivity contribution in [3.63, 3.8) is 0 Å². The summed E-state index contributed by atoms with van der Waals surface area (Å²) < 4.78 is 15.8. The minimum absolute atomic E-state index is 0.0814. The topological polar surface area (TPSA) is 87.9 Å². The van der Waals surface area contributed by atoms with Crippen molar-refractivity contribution in [3.8, 4) is 11.5 Å². The van der Waals surface area contributed by atoms with Gasteiger partial charge in [-0.05, 0) is 23.3 Å². The van der Waals surface area contributed by atoms with Crippen LogP contribution in [0.3, 0.4) is 0 Å². The van der Waals surface area contributed by atoms with E-state index in [-0.39, 0.29) is 13.0 Å². The van der Waals surface area contributed by atoms with Crippen molar-refractivity contribution in [2.24, 2.45) is 0 Å². The molecule has 0 unspecified atom stereocenters. The van der Waals surface area contributed by atoms with Gasteiger partial charge in [-0.15, -0.1) is 0 Å². The summed E-state index contributed by atoms with van der Waals surface area (Å²) in [6.07, 6.45) is -0.0814. The Morgan fingerprint density at radius 1 is 1.12 bits per heavy atom. The van der Waals surface area contributed by atoms with Crippen LogP contribution in [0.15, 0.2) is 48.5 Å². The summed E-state index contributed by atoms with van der Waals surface area (Å²) in [4.78, 5) is 22.1. The number of nitrogens with zero attached hydrogens (tertiary/aromatic N) is 1. The summed E-state index contributed by atoms with van der Waals surface area (Å²) >= 11 is 0. The zero-order valence-electron chi connectivity index (χ0n) is 14.7. The van der Waals surface area contributed by atoms with E-state index in [0.29, 0.717) is 23.7 Å². The molecule has 0 N–H and O–H groups in total. The first kappa shape index (κ1) is 19.2. The van der Waals surface area contributed by atoms with Crippen LogP contribution in [0.5, 0.6) is 11.5 Å². The molecule has 0 radical (unpaired) electrons. The van der Waals surface area contributed by atoms with E-state index < -0.39 is 16.8 Å². The number of carbonyl (C=O) groups is 1. The van der Waals surface area contributed by atoms with E-state index in [1.807, 2.05) is 30.3 Å². The lowest BCUT2D eigenvalue weighted by atomic mass is 9.95. The van der Waals surface area contributed by atoms with Gasteiger partial charge in [-0.3, -0.25) is 14.9 Å². The average molecular weight is 359 g/mol. The summed E-state index contributed by atoms with van der Waals surface area (Å²) in [7, 11) is 2.78. The molecular formula is C19H21NO6. The summed E-state index contributed by atoms with van der Waals surface area (Å²) in [5.41, 5.74) is 1.60. The van der Waals surface area contributed by atoms with Crippen LogP contribution >= 0.6 is 0 Å². The standard InChI is InChI=1S/C19H21NO6/c1-24-17-9-8-15(16(12-20(22)23)11-19(21)25-2)10-18(17)26-13-14-6-4-3-5-7-14/h3-10,16H,11-13H2,1-2H3/t16-/m1/s1. The Morgan fingerprint density at radius 3 is 2.46 bits per heavy atom. The molecule has 2 rings (SSSR count). The van der Waals surface area contributed by atoms with Gasteiger partial charge >= 0.3 is 5.97 Å². The van der Waals surface area contributed by atoms with Crippen molar-refractivity contribution >= 4 is 5.97 Å². The summed E-state index contributed by atoms with van der Waals surface area (Å²) in [5, 5.41) is 11.0. The van der Waals surface area contributed by atoms with E-state index in [1.54, 1.807) is 18.2 Å². The van der Waals surface area contributed by atoms with Crippen LogP contribution in [0.4, 0.5) is 0 Å². The highest BCUT2D eigenvalue weighted by molar-refractivity contribution is 5.70. The predicted octanol–water partition coefficient (Wildman–Crippen LogP) is 3.20. The van der Waals surface area contributed by atoms with Crippen molar-refractivity contribution in [1.82, 2.24) is 0 Å². The lowest BCUT2D eigenvalue weighted by Gasteiger charge is -2.16. The van der Waals surface area contributed by atoms with Crippen LogP contribution in [-0.2, 0) is 16.1 Å². The average Bonchev–Trinajstić information content (AvgIpc) is 2.66. The highest BCUT2D eigenvalue weighted by Crippen LogP contribution is 2.33. The molecule has 0 aliphatic carbocycles. The largest absolute Gasteiger partial charge is 0.493 e. The first-order valence-corrected chi connectivity index (χ1v) is 8.06. The third-order valence-corrected chi connectivity index (χ3v) is 3.91. The molecule has 7 nitrogen and oxygen atoms in total. The molecule has 0 aliphatic rings. The van der Waals surface area contributed by atoms with Gasteiger partial charge in [-0.1, -0.05) is 36.4 Å². The van der Waals surface area contributed by atoms with Crippen molar-refractivity contribution in [2.75, 3.05) is 20.8 Å². The summed E-state index contributed by atoms with van der Waals surface area (Å²) in [6.45, 7) is -0.0445. The fourth-order valence-electron chi connectivity index (χ4n) is 2.55. The molecule has 0 heterocycles. The second kappa shape index (κ2) is 9.41. The molecule has 0 saturated heterocycles. The molecule has 2 aromatic rings. The van der Waals surface area contributed by atoms with Gasteiger partial charge in [-0.2, -0.15) is 0 Å². The molecule has 0 bridgehead atoms. The zero-order chi connectivity index (χ0) is 18.9. The number of hydrogen-bond acceptors (Lipinski definition) is 6. The van der Waals surface area contributed by atoms with E-state index in [4.69, 9.17) is 9.47 Å². The molecule has 2 aromatic carbocycles. The van der Waals surface area contributed by atoms with Gasteiger partial charge in [0.05, 0.1) is 26.6 Å². The minimum Gasteiger partial charge on any atom is -0.493 e. The smallest absolute Gasteiger partial charge is 0.306 e. The number of nitro groups is 1. The highest BCUT2D eigenvalue weighted by atomic mass is 16.6. The molecule has 138 valence electrons. The van der Waals surface area contributed by atoms with Crippen LogP contribution in [0.2, 0.25) is 0 Å². The number of ether oxygens (including phenoxy) is 3. The molecule has 0 fully saturated rings. The Morgan fingerprint density at radius 2 is 1.85 bits per heavy atom. The Bertz CT molecular complexity index is 747. The van der Waals surface area contributed by atoms with Gasteiger partial charge < -0.3 is 14.2 Å². The monoisotopic (exact) mass is 359 g/mol. The third kappa shape index (κ3) is 5.47. The number of hydrogen-bond donors (Lipinski definition) is 0. The molecule has 26 heavy (non-hydrogen) atoms. The zero-order valence-corrected chi connectivity index (χ0v) is 14.7. The Hall–Kier alpha value is -3.09. The minimum atomic E-state index is -0.609. The van der Waals surface area contributed by atoms with Crippen LogP contribution in [0, 0.1) is 10.1 Å². The van der Waals surface area contributed by atoms with Gasteiger partial charge in [-0.25, -0.2) is 0 Å². The molecular weight excluding hydrogens is 338 g/mol. The molecule has 7 heteroatoms. The van der Waals surface area contributed by atoms with Gasteiger partial charge in [0.1, 0.15) is 6.61 Å². The lowest BCUT2D eigenvalue weighted by molar-refractivity contribution is -0.483. The van der Waals surface area contributed by atoms with Crippen LogP contribution in [0.25, 0.3) is 0 Å². The molecule has 0 aliphatic heterocycles. The lowest BCUT2D eigenvalue weighted by Crippen LogP contribution is -2.17. The molecule has 0 amide bonds. The van der Waals surface area contributed by atoms with Gasteiger partial charge in [0.2, 0.25) is 6.54 Å². The first-order valence-electron chi connectivity index (χ1n) is 8.06. The van der Waals surface area contributed by atoms with E-state index in [9.17, 15) is 14.9 Å². The van der Waals surface area contributed by atoms with Crippen molar-refractivity contribution in [2.45, 2.75) is 18.9 Å². The van der Waals surface area contributed by atoms with E-state index in [2.05, 4.69) is 4.74 Å². The number of rotatable bonds is 9. The van der Waals surface area contributed by atoms with Crippen molar-refractivity contribution in [3.05, 3.63) is 69.8 Å². The predicted molar refractivity (Wildman–Crippen MR) is 95.0 cm³/mol. The number of esters is 1. The molecule has 1 atom stereocenters. The molecule has 0 spiro atoms. The summed E-state index contributed by atoms with van der Waals surface area (Å²) in [5.74, 6) is -0.128. The SMILES string of the molecule is COC(=O)C[C@H](C[N+](=O)[O-])c1ccc(OC)c(OCc2ccccc2)c1. The maximum atomic E-state index is 11.6. The Balaban J connectivity index is 2.24. The number of methoxy groups -OCH3 is 2.